The number of hydrogen-bond acceptors (Lipinski definition) is 8. The number of hydrogen-bond donors (Lipinski definition) is 2. The van der Waals surface area contributed by atoms with Gasteiger partial charge in [-0.2, -0.15) is 0 Å². The quantitative estimate of drug-likeness (QED) is 0.490. The molecule has 0 saturated carbocycles. The van der Waals surface area contributed by atoms with E-state index in [-0.39, 0.29) is 11.5 Å². The van der Waals surface area contributed by atoms with Crippen molar-refractivity contribution in [3.05, 3.63) is 83.4 Å². The van der Waals surface area contributed by atoms with Gasteiger partial charge in [-0.1, -0.05) is 23.4 Å². The van der Waals surface area contributed by atoms with Crippen LogP contribution >= 0.6 is 0 Å². The summed E-state index contributed by atoms with van der Waals surface area (Å²) in [5, 5.41) is 9.65. The number of ether oxygens (including phenoxy) is 3. The molecule has 188 valence electrons. The van der Waals surface area contributed by atoms with E-state index in [0.717, 1.165) is 0 Å². The molecule has 2 amide bonds. The number of carbonyl (C=O) groups excluding carboxylic acids is 3. The molecule has 2 aliphatic rings. The van der Waals surface area contributed by atoms with Gasteiger partial charge in [0.05, 0.1) is 21.3 Å². The number of methoxy groups -OCH3 is 3. The van der Waals surface area contributed by atoms with Gasteiger partial charge in [-0.3, -0.25) is 14.9 Å². The topological polar surface area (TPSA) is 125 Å². The Bertz CT molecular complexity index is 1430. The van der Waals surface area contributed by atoms with Crippen molar-refractivity contribution in [2.24, 2.45) is 11.1 Å². The van der Waals surface area contributed by atoms with Gasteiger partial charge in [0, 0.05) is 28.1 Å². The van der Waals surface area contributed by atoms with Crippen molar-refractivity contribution in [3.8, 4) is 11.5 Å². The van der Waals surface area contributed by atoms with Gasteiger partial charge in [0.25, 0.3) is 11.5 Å². The molecule has 37 heavy (non-hydrogen) atoms. The highest BCUT2D eigenvalue weighted by Crippen LogP contribution is 2.50. The number of para-hydroxylation sites is 1. The van der Waals surface area contributed by atoms with Gasteiger partial charge in [0.15, 0.2) is 17.3 Å². The Kier molecular flexibility index (Phi) is 6.00. The first-order valence-electron chi connectivity index (χ1n) is 11.3. The van der Waals surface area contributed by atoms with Crippen molar-refractivity contribution < 1.29 is 33.4 Å². The van der Waals surface area contributed by atoms with Crippen molar-refractivity contribution in [1.29, 1.82) is 0 Å². The SMILES string of the molecule is COC(=O)Nc1ccc(C(=O)C2C(c3ccc(OC)c(OC)c3)=NOC23C(=O)Nc2ccccc23)cc1. The average Bonchev–Trinajstić information content (AvgIpc) is 3.46. The highest BCUT2D eigenvalue weighted by Gasteiger charge is 2.63. The summed E-state index contributed by atoms with van der Waals surface area (Å²) in [5.74, 6) is -1.06. The summed E-state index contributed by atoms with van der Waals surface area (Å²) in [7, 11) is 4.28. The van der Waals surface area contributed by atoms with E-state index in [9.17, 15) is 14.4 Å². The molecule has 0 bridgehead atoms. The van der Waals surface area contributed by atoms with Crippen LogP contribution in [0.25, 0.3) is 0 Å². The fourth-order valence-corrected chi connectivity index (χ4v) is 4.63. The Morgan fingerprint density at radius 3 is 2.41 bits per heavy atom. The molecule has 1 spiro atoms. The van der Waals surface area contributed by atoms with Crippen LogP contribution in [0.4, 0.5) is 16.2 Å². The van der Waals surface area contributed by atoms with Gasteiger partial charge >= 0.3 is 6.09 Å². The average molecular weight is 501 g/mol. The first-order chi connectivity index (χ1) is 17.9. The summed E-state index contributed by atoms with van der Waals surface area (Å²) < 4.78 is 15.4. The van der Waals surface area contributed by atoms with Crippen molar-refractivity contribution in [2.75, 3.05) is 32.0 Å². The number of ketones is 1. The second kappa shape index (κ2) is 9.30. The van der Waals surface area contributed by atoms with Crippen LogP contribution in [0.5, 0.6) is 11.5 Å². The molecular weight excluding hydrogens is 478 g/mol. The standard InChI is InChI=1S/C27H23N3O7/c1-34-20-13-10-16(14-21(20)35-2)23-22(24(31)15-8-11-17(12-9-15)28-26(33)36-3)27(37-30-23)18-6-4-5-7-19(18)29-25(27)32/h4-14,22H,1-3H3,(H,28,33)(H,29,32). The Morgan fingerprint density at radius 1 is 0.973 bits per heavy atom. The number of nitrogens with one attached hydrogen (secondary N) is 2. The highest BCUT2D eigenvalue weighted by molar-refractivity contribution is 6.25. The largest absolute Gasteiger partial charge is 0.493 e. The zero-order valence-electron chi connectivity index (χ0n) is 20.2. The molecule has 0 saturated heterocycles. The fourth-order valence-electron chi connectivity index (χ4n) is 4.63. The first-order valence-corrected chi connectivity index (χ1v) is 11.3. The molecule has 2 atom stereocenters. The third kappa shape index (κ3) is 3.83. The lowest BCUT2D eigenvalue weighted by atomic mass is 9.74. The van der Waals surface area contributed by atoms with E-state index >= 15 is 0 Å². The van der Waals surface area contributed by atoms with E-state index in [1.165, 1.54) is 21.3 Å². The van der Waals surface area contributed by atoms with Crippen LogP contribution in [0.1, 0.15) is 21.5 Å². The van der Waals surface area contributed by atoms with Crippen LogP contribution in [-0.4, -0.2) is 44.8 Å². The summed E-state index contributed by atoms with van der Waals surface area (Å²) in [4.78, 5) is 45.0. The van der Waals surface area contributed by atoms with Crippen LogP contribution in [0, 0.1) is 5.92 Å². The first kappa shape index (κ1) is 23.9. The molecule has 2 aliphatic heterocycles. The van der Waals surface area contributed by atoms with Gasteiger partial charge < -0.3 is 24.4 Å². The molecule has 3 aromatic carbocycles. The number of anilines is 2. The van der Waals surface area contributed by atoms with E-state index in [2.05, 4.69) is 20.5 Å². The molecular formula is C27H23N3O7. The monoisotopic (exact) mass is 501 g/mol. The summed E-state index contributed by atoms with van der Waals surface area (Å²) in [5.41, 5.74) is 0.921. The van der Waals surface area contributed by atoms with Gasteiger partial charge in [-0.15, -0.1) is 0 Å². The molecule has 3 aromatic rings. The Hall–Kier alpha value is -4.86. The maximum absolute atomic E-state index is 14.1. The number of Topliss-reactive ketones (excluding diaryl/α,β-unsaturated/α-hetero) is 1. The number of benzene rings is 3. The predicted octanol–water partition coefficient (Wildman–Crippen LogP) is 3.96. The maximum atomic E-state index is 14.1. The van der Waals surface area contributed by atoms with Crippen LogP contribution < -0.4 is 20.1 Å². The van der Waals surface area contributed by atoms with Crippen molar-refractivity contribution in [1.82, 2.24) is 0 Å². The lowest BCUT2D eigenvalue weighted by Gasteiger charge is -2.26. The Balaban J connectivity index is 1.61. The van der Waals surface area contributed by atoms with Gasteiger partial charge in [-0.05, 0) is 48.5 Å². The lowest BCUT2D eigenvalue weighted by molar-refractivity contribution is -0.140. The zero-order chi connectivity index (χ0) is 26.2. The maximum Gasteiger partial charge on any atom is 0.411 e. The lowest BCUT2D eigenvalue weighted by Crippen LogP contribution is -2.46. The third-order valence-corrected chi connectivity index (χ3v) is 6.42. The third-order valence-electron chi connectivity index (χ3n) is 6.42. The molecule has 0 fully saturated rings. The number of oxime groups is 1. The normalized spacial score (nSPS) is 19.4. The molecule has 2 heterocycles. The summed E-state index contributed by atoms with van der Waals surface area (Å²) in [6.45, 7) is 0. The van der Waals surface area contributed by atoms with Crippen LogP contribution in [0.15, 0.2) is 71.9 Å². The van der Waals surface area contributed by atoms with Crippen LogP contribution in [0.3, 0.4) is 0 Å². The molecule has 0 aromatic heterocycles. The molecule has 2 N–H and O–H groups in total. The van der Waals surface area contributed by atoms with Gasteiger partial charge in [0.1, 0.15) is 11.6 Å². The van der Waals surface area contributed by atoms with E-state index in [0.29, 0.717) is 39.6 Å². The zero-order valence-corrected chi connectivity index (χ0v) is 20.2. The number of amides is 2. The van der Waals surface area contributed by atoms with E-state index in [4.69, 9.17) is 14.3 Å². The second-order valence-electron chi connectivity index (χ2n) is 8.36. The molecule has 2 unspecified atom stereocenters. The van der Waals surface area contributed by atoms with E-state index < -0.39 is 23.5 Å². The molecule has 5 rings (SSSR count). The Morgan fingerprint density at radius 2 is 1.70 bits per heavy atom. The van der Waals surface area contributed by atoms with Gasteiger partial charge in [0.2, 0.25) is 0 Å². The molecule has 0 aliphatic carbocycles. The smallest absolute Gasteiger partial charge is 0.411 e. The number of nitrogens with zero attached hydrogens (tertiary/aromatic N) is 1. The van der Waals surface area contributed by atoms with Crippen molar-refractivity contribution in [3.63, 3.8) is 0 Å². The molecule has 10 nitrogen and oxygen atoms in total. The minimum atomic E-state index is -1.70. The van der Waals surface area contributed by atoms with Crippen molar-refractivity contribution in [2.45, 2.75) is 5.60 Å². The predicted molar refractivity (Wildman–Crippen MR) is 134 cm³/mol. The van der Waals surface area contributed by atoms with Crippen LogP contribution in [-0.2, 0) is 20.0 Å². The number of fused-ring (bicyclic) bond motifs is 2. The summed E-state index contributed by atoms with van der Waals surface area (Å²) in [6, 6.07) is 18.4. The van der Waals surface area contributed by atoms with E-state index in [1.807, 2.05) is 0 Å². The highest BCUT2D eigenvalue weighted by atomic mass is 16.7. The Labute approximate surface area is 212 Å². The van der Waals surface area contributed by atoms with Crippen LogP contribution in [0.2, 0.25) is 0 Å². The van der Waals surface area contributed by atoms with E-state index in [1.54, 1.807) is 66.7 Å². The minimum absolute atomic E-state index is 0.273. The molecule has 0 radical (unpaired) electrons. The van der Waals surface area contributed by atoms with Gasteiger partial charge in [-0.25, -0.2) is 4.79 Å². The summed E-state index contributed by atoms with van der Waals surface area (Å²) >= 11 is 0. The summed E-state index contributed by atoms with van der Waals surface area (Å²) in [6.07, 6.45) is -0.635. The second-order valence-corrected chi connectivity index (χ2v) is 8.36. The fraction of sp³-hybridized carbons (Fsp3) is 0.185. The number of carbonyl (C=O) groups is 3. The van der Waals surface area contributed by atoms with Crippen molar-refractivity contribution >= 4 is 34.9 Å². The number of rotatable bonds is 6. The molecule has 10 heteroatoms. The minimum Gasteiger partial charge on any atom is -0.493 e.